The normalized spacial score (nSPS) is 25.9. The Balaban J connectivity index is 2.44. The first-order valence-corrected chi connectivity index (χ1v) is 6.58. The summed E-state index contributed by atoms with van der Waals surface area (Å²) in [6.45, 7) is 10.8. The van der Waals surface area contributed by atoms with Crippen molar-refractivity contribution in [2.75, 3.05) is 26.2 Å². The molecule has 1 heterocycles. The SMILES string of the molecule is CCOC(CCN1CC(C)OC(C)(C)C1)C(=O)O. The zero-order valence-electron chi connectivity index (χ0n) is 11.8. The van der Waals surface area contributed by atoms with E-state index in [2.05, 4.69) is 18.7 Å². The predicted octanol–water partition coefficient (Wildman–Crippen LogP) is 1.37. The topological polar surface area (TPSA) is 59.0 Å². The third kappa shape index (κ3) is 4.92. The lowest BCUT2D eigenvalue weighted by molar-refractivity contribution is -0.152. The molecule has 1 saturated heterocycles. The van der Waals surface area contributed by atoms with E-state index in [4.69, 9.17) is 14.6 Å². The molecule has 0 aromatic rings. The number of rotatable bonds is 6. The van der Waals surface area contributed by atoms with Crippen molar-refractivity contribution in [1.29, 1.82) is 0 Å². The Morgan fingerprint density at radius 2 is 2.28 bits per heavy atom. The van der Waals surface area contributed by atoms with Gasteiger partial charge in [-0.3, -0.25) is 4.90 Å². The number of carboxylic acids is 1. The van der Waals surface area contributed by atoms with Gasteiger partial charge in [-0.25, -0.2) is 4.79 Å². The Bertz CT molecular complexity index is 280. The van der Waals surface area contributed by atoms with E-state index in [0.717, 1.165) is 19.6 Å². The van der Waals surface area contributed by atoms with Gasteiger partial charge in [0, 0.05) is 26.2 Å². The number of ether oxygens (including phenoxy) is 2. The Kier molecular flexibility index (Phi) is 5.56. The van der Waals surface area contributed by atoms with Crippen LogP contribution < -0.4 is 0 Å². The number of carbonyl (C=O) groups is 1. The lowest BCUT2D eigenvalue weighted by atomic mass is 10.0. The van der Waals surface area contributed by atoms with Crippen LogP contribution in [0.5, 0.6) is 0 Å². The van der Waals surface area contributed by atoms with Crippen LogP contribution in [0.15, 0.2) is 0 Å². The van der Waals surface area contributed by atoms with Gasteiger partial charge in [-0.05, 0) is 34.1 Å². The number of carboxylic acid groups (broad SMARTS) is 1. The second-order valence-electron chi connectivity index (χ2n) is 5.49. The fourth-order valence-corrected chi connectivity index (χ4v) is 2.54. The molecule has 0 bridgehead atoms. The lowest BCUT2D eigenvalue weighted by Gasteiger charge is -2.42. The molecule has 106 valence electrons. The van der Waals surface area contributed by atoms with Crippen molar-refractivity contribution < 1.29 is 19.4 Å². The minimum atomic E-state index is -0.877. The summed E-state index contributed by atoms with van der Waals surface area (Å²) in [6.07, 6.45) is 0.00628. The molecule has 1 aliphatic heterocycles. The van der Waals surface area contributed by atoms with Crippen LogP contribution in [0.3, 0.4) is 0 Å². The average molecular weight is 259 g/mol. The predicted molar refractivity (Wildman–Crippen MR) is 68.7 cm³/mol. The molecule has 0 saturated carbocycles. The third-order valence-electron chi connectivity index (χ3n) is 2.99. The molecule has 1 fully saturated rings. The van der Waals surface area contributed by atoms with E-state index in [9.17, 15) is 4.79 Å². The second kappa shape index (κ2) is 6.50. The fourth-order valence-electron chi connectivity index (χ4n) is 2.54. The maximum atomic E-state index is 11.0. The highest BCUT2D eigenvalue weighted by Gasteiger charge is 2.31. The maximum Gasteiger partial charge on any atom is 0.332 e. The molecular weight excluding hydrogens is 234 g/mol. The number of hydrogen-bond acceptors (Lipinski definition) is 4. The van der Waals surface area contributed by atoms with Crippen molar-refractivity contribution in [3.8, 4) is 0 Å². The van der Waals surface area contributed by atoms with Crippen LogP contribution in [0.25, 0.3) is 0 Å². The van der Waals surface area contributed by atoms with Gasteiger partial charge in [0.2, 0.25) is 0 Å². The van der Waals surface area contributed by atoms with Crippen LogP contribution >= 0.6 is 0 Å². The molecule has 5 nitrogen and oxygen atoms in total. The quantitative estimate of drug-likeness (QED) is 0.780. The van der Waals surface area contributed by atoms with Crippen molar-refractivity contribution in [3.05, 3.63) is 0 Å². The highest BCUT2D eigenvalue weighted by atomic mass is 16.5. The Labute approximate surface area is 109 Å². The summed E-state index contributed by atoms with van der Waals surface area (Å²) in [5.41, 5.74) is -0.165. The minimum absolute atomic E-state index is 0.165. The first-order valence-electron chi connectivity index (χ1n) is 6.58. The Morgan fingerprint density at radius 3 is 2.78 bits per heavy atom. The van der Waals surface area contributed by atoms with Crippen LogP contribution in [0.4, 0.5) is 0 Å². The van der Waals surface area contributed by atoms with Crippen molar-refractivity contribution >= 4 is 5.97 Å². The molecule has 0 aromatic carbocycles. The zero-order chi connectivity index (χ0) is 13.8. The molecular formula is C13H25NO4. The average Bonchev–Trinajstić information content (AvgIpc) is 2.20. The zero-order valence-corrected chi connectivity index (χ0v) is 11.8. The van der Waals surface area contributed by atoms with Gasteiger partial charge in [0.1, 0.15) is 0 Å². The van der Waals surface area contributed by atoms with Crippen LogP contribution in [0, 0.1) is 0 Å². The minimum Gasteiger partial charge on any atom is -0.479 e. The fraction of sp³-hybridized carbons (Fsp3) is 0.923. The van der Waals surface area contributed by atoms with Gasteiger partial charge in [-0.1, -0.05) is 0 Å². The van der Waals surface area contributed by atoms with Gasteiger partial charge >= 0.3 is 5.97 Å². The molecule has 1 N–H and O–H groups in total. The van der Waals surface area contributed by atoms with Crippen LogP contribution in [0.1, 0.15) is 34.1 Å². The lowest BCUT2D eigenvalue weighted by Crippen LogP contribution is -2.52. The molecule has 0 spiro atoms. The standard InChI is InChI=1S/C13H25NO4/c1-5-17-11(12(15)16)6-7-14-8-10(2)18-13(3,4)9-14/h10-11H,5-9H2,1-4H3,(H,15,16). The van der Waals surface area contributed by atoms with Crippen molar-refractivity contribution in [3.63, 3.8) is 0 Å². The first-order chi connectivity index (χ1) is 8.34. The molecule has 0 aromatic heterocycles. The molecule has 2 atom stereocenters. The van der Waals surface area contributed by atoms with Gasteiger partial charge in [0.25, 0.3) is 0 Å². The first kappa shape index (κ1) is 15.4. The van der Waals surface area contributed by atoms with Crippen LogP contribution in [-0.2, 0) is 14.3 Å². The third-order valence-corrected chi connectivity index (χ3v) is 2.99. The van der Waals surface area contributed by atoms with E-state index in [0.29, 0.717) is 13.0 Å². The number of morpholine rings is 1. The summed E-state index contributed by atoms with van der Waals surface area (Å²) in [6, 6.07) is 0. The second-order valence-corrected chi connectivity index (χ2v) is 5.49. The van der Waals surface area contributed by atoms with Gasteiger partial charge in [-0.15, -0.1) is 0 Å². The van der Waals surface area contributed by atoms with E-state index in [1.54, 1.807) is 0 Å². The molecule has 0 radical (unpaired) electrons. The van der Waals surface area contributed by atoms with E-state index in [1.165, 1.54) is 0 Å². The molecule has 5 heteroatoms. The van der Waals surface area contributed by atoms with Crippen molar-refractivity contribution in [1.82, 2.24) is 4.90 Å². The highest BCUT2D eigenvalue weighted by molar-refractivity contribution is 5.72. The van der Waals surface area contributed by atoms with E-state index in [1.807, 2.05) is 13.8 Å². The van der Waals surface area contributed by atoms with Crippen molar-refractivity contribution in [2.24, 2.45) is 0 Å². The highest BCUT2D eigenvalue weighted by Crippen LogP contribution is 2.21. The molecule has 1 rings (SSSR count). The van der Waals surface area contributed by atoms with Gasteiger partial charge in [-0.2, -0.15) is 0 Å². The molecule has 18 heavy (non-hydrogen) atoms. The summed E-state index contributed by atoms with van der Waals surface area (Å²) >= 11 is 0. The maximum absolute atomic E-state index is 11.0. The van der Waals surface area contributed by atoms with E-state index < -0.39 is 12.1 Å². The Morgan fingerprint density at radius 1 is 1.61 bits per heavy atom. The van der Waals surface area contributed by atoms with Crippen molar-refractivity contribution in [2.45, 2.75) is 51.9 Å². The monoisotopic (exact) mass is 259 g/mol. The van der Waals surface area contributed by atoms with Gasteiger partial charge < -0.3 is 14.6 Å². The summed E-state index contributed by atoms with van der Waals surface area (Å²) in [4.78, 5) is 13.2. The summed E-state index contributed by atoms with van der Waals surface area (Å²) in [7, 11) is 0. The number of nitrogens with zero attached hydrogens (tertiary/aromatic N) is 1. The number of aliphatic carboxylic acids is 1. The molecule has 1 aliphatic rings. The van der Waals surface area contributed by atoms with E-state index in [-0.39, 0.29) is 11.7 Å². The smallest absolute Gasteiger partial charge is 0.332 e. The van der Waals surface area contributed by atoms with Crippen LogP contribution in [-0.4, -0.2) is 60.0 Å². The van der Waals surface area contributed by atoms with Gasteiger partial charge in [0.05, 0.1) is 11.7 Å². The van der Waals surface area contributed by atoms with Gasteiger partial charge in [0.15, 0.2) is 6.10 Å². The van der Waals surface area contributed by atoms with E-state index >= 15 is 0 Å². The summed E-state index contributed by atoms with van der Waals surface area (Å²) in [5.74, 6) is -0.877. The molecule has 0 amide bonds. The summed E-state index contributed by atoms with van der Waals surface area (Å²) in [5, 5.41) is 9.02. The molecule has 0 aliphatic carbocycles. The summed E-state index contributed by atoms with van der Waals surface area (Å²) < 4.78 is 11.0. The molecule has 2 unspecified atom stereocenters. The Hall–Kier alpha value is -0.650. The van der Waals surface area contributed by atoms with Crippen LogP contribution in [0.2, 0.25) is 0 Å². The number of hydrogen-bond donors (Lipinski definition) is 1. The largest absolute Gasteiger partial charge is 0.479 e.